The molecule has 0 bridgehead atoms. The number of hydrogen-bond acceptors (Lipinski definition) is 4. The van der Waals surface area contributed by atoms with E-state index in [0.29, 0.717) is 0 Å². The van der Waals surface area contributed by atoms with Crippen LogP contribution in [-0.2, 0) is 9.53 Å². The Morgan fingerprint density at radius 2 is 2.20 bits per heavy atom. The lowest BCUT2D eigenvalue weighted by Crippen LogP contribution is -2.47. The summed E-state index contributed by atoms with van der Waals surface area (Å²) < 4.78 is 5.26. The lowest BCUT2D eigenvalue weighted by molar-refractivity contribution is -0.158. The molecule has 0 unspecified atom stereocenters. The summed E-state index contributed by atoms with van der Waals surface area (Å²) in [5.41, 5.74) is 5.44. The Labute approximate surface area is 91.5 Å². The van der Waals surface area contributed by atoms with E-state index >= 15 is 0 Å². The topological polar surface area (TPSA) is 64.3 Å². The van der Waals surface area contributed by atoms with Crippen molar-refractivity contribution in [2.75, 3.05) is 13.1 Å². The van der Waals surface area contributed by atoms with E-state index in [-0.39, 0.29) is 11.9 Å². The van der Waals surface area contributed by atoms with Crippen LogP contribution < -0.4 is 11.1 Å². The van der Waals surface area contributed by atoms with E-state index < -0.39 is 11.6 Å². The summed E-state index contributed by atoms with van der Waals surface area (Å²) in [6.45, 7) is 7.42. The van der Waals surface area contributed by atoms with Gasteiger partial charge in [0.1, 0.15) is 11.6 Å². The first-order valence-corrected chi connectivity index (χ1v) is 5.59. The highest BCUT2D eigenvalue weighted by Crippen LogP contribution is 2.16. The van der Waals surface area contributed by atoms with E-state index in [4.69, 9.17) is 10.5 Å². The van der Waals surface area contributed by atoms with Gasteiger partial charge >= 0.3 is 5.97 Å². The minimum absolute atomic E-state index is 0.216. The van der Waals surface area contributed by atoms with Gasteiger partial charge in [0.15, 0.2) is 0 Å². The van der Waals surface area contributed by atoms with Gasteiger partial charge < -0.3 is 15.8 Å². The van der Waals surface area contributed by atoms with Crippen molar-refractivity contribution >= 4 is 5.97 Å². The Hall–Kier alpha value is -0.610. The fourth-order valence-electron chi connectivity index (χ4n) is 1.75. The van der Waals surface area contributed by atoms with Crippen molar-refractivity contribution in [1.82, 2.24) is 5.32 Å². The molecular weight excluding hydrogens is 192 g/mol. The second-order valence-corrected chi connectivity index (χ2v) is 5.17. The molecule has 1 rings (SSSR count). The third-order valence-corrected chi connectivity index (χ3v) is 2.52. The van der Waals surface area contributed by atoms with Crippen LogP contribution in [0.25, 0.3) is 0 Å². The number of nitrogens with one attached hydrogen (secondary N) is 1. The van der Waals surface area contributed by atoms with E-state index in [0.717, 1.165) is 25.9 Å². The molecule has 4 nitrogen and oxygen atoms in total. The first kappa shape index (κ1) is 12.5. The predicted octanol–water partition coefficient (Wildman–Crippen LogP) is 0.655. The zero-order chi connectivity index (χ0) is 11.5. The molecule has 1 fully saturated rings. The van der Waals surface area contributed by atoms with Gasteiger partial charge in [-0.1, -0.05) is 0 Å². The molecule has 15 heavy (non-hydrogen) atoms. The van der Waals surface area contributed by atoms with Crippen LogP contribution in [0.5, 0.6) is 0 Å². The molecule has 0 aromatic rings. The van der Waals surface area contributed by atoms with E-state index in [9.17, 15) is 4.79 Å². The van der Waals surface area contributed by atoms with E-state index in [1.54, 1.807) is 0 Å². The number of nitrogens with two attached hydrogens (primary N) is 1. The highest BCUT2D eigenvalue weighted by molar-refractivity contribution is 5.76. The standard InChI is InChI=1S/C11H22N2O2/c1-11(2,3)15-10(14)9(12)8-5-4-6-13-7-8/h8-9,13H,4-7,12H2,1-3H3/t8-,9-/m0/s1. The lowest BCUT2D eigenvalue weighted by atomic mass is 9.92. The Bertz CT molecular complexity index is 217. The van der Waals surface area contributed by atoms with Gasteiger partial charge in [-0.15, -0.1) is 0 Å². The zero-order valence-electron chi connectivity index (χ0n) is 9.88. The number of carbonyl (C=O) groups is 1. The molecule has 1 saturated heterocycles. The first-order chi connectivity index (χ1) is 6.90. The first-order valence-electron chi connectivity index (χ1n) is 5.59. The third kappa shape index (κ3) is 4.18. The van der Waals surface area contributed by atoms with Crippen molar-refractivity contribution in [3.8, 4) is 0 Å². The quantitative estimate of drug-likeness (QED) is 0.663. The second kappa shape index (κ2) is 4.94. The maximum atomic E-state index is 11.7. The van der Waals surface area contributed by atoms with Crippen molar-refractivity contribution in [2.24, 2.45) is 11.7 Å². The fourth-order valence-corrected chi connectivity index (χ4v) is 1.75. The van der Waals surface area contributed by atoms with Crippen molar-refractivity contribution < 1.29 is 9.53 Å². The van der Waals surface area contributed by atoms with Gasteiger partial charge in [0.05, 0.1) is 0 Å². The number of rotatable bonds is 2. The van der Waals surface area contributed by atoms with Gasteiger partial charge in [0, 0.05) is 6.54 Å². The molecule has 0 radical (unpaired) electrons. The molecule has 0 aliphatic carbocycles. The van der Waals surface area contributed by atoms with Crippen LogP contribution >= 0.6 is 0 Å². The molecule has 0 aromatic heterocycles. The zero-order valence-corrected chi connectivity index (χ0v) is 9.88. The normalized spacial score (nSPS) is 24.7. The van der Waals surface area contributed by atoms with Crippen LogP contribution in [0.1, 0.15) is 33.6 Å². The molecule has 1 heterocycles. The number of esters is 1. The van der Waals surface area contributed by atoms with E-state index in [2.05, 4.69) is 5.32 Å². The minimum Gasteiger partial charge on any atom is -0.459 e. The number of ether oxygens (including phenoxy) is 1. The Balaban J connectivity index is 2.44. The summed E-state index contributed by atoms with van der Waals surface area (Å²) in [6.07, 6.45) is 2.09. The van der Waals surface area contributed by atoms with Gasteiger partial charge in [-0.2, -0.15) is 0 Å². The average molecular weight is 214 g/mol. The number of carbonyl (C=O) groups excluding carboxylic acids is 1. The van der Waals surface area contributed by atoms with E-state index in [1.165, 1.54) is 0 Å². The maximum absolute atomic E-state index is 11.7. The SMILES string of the molecule is CC(C)(C)OC(=O)[C@@H](N)[C@H]1CCCNC1. The van der Waals surface area contributed by atoms with Crippen LogP contribution in [0.2, 0.25) is 0 Å². The van der Waals surface area contributed by atoms with Crippen LogP contribution in [0.15, 0.2) is 0 Å². The third-order valence-electron chi connectivity index (χ3n) is 2.52. The van der Waals surface area contributed by atoms with Crippen molar-refractivity contribution in [3.05, 3.63) is 0 Å². The van der Waals surface area contributed by atoms with Crippen LogP contribution in [0.4, 0.5) is 0 Å². The summed E-state index contributed by atoms with van der Waals surface area (Å²) in [5.74, 6) is -0.0650. The fraction of sp³-hybridized carbons (Fsp3) is 0.909. The average Bonchev–Trinajstić information content (AvgIpc) is 2.15. The van der Waals surface area contributed by atoms with Crippen LogP contribution in [-0.4, -0.2) is 30.7 Å². The molecule has 0 aromatic carbocycles. The summed E-state index contributed by atoms with van der Waals surface area (Å²) in [7, 11) is 0. The predicted molar refractivity (Wildman–Crippen MR) is 59.4 cm³/mol. The molecule has 2 atom stereocenters. The Morgan fingerprint density at radius 3 is 2.67 bits per heavy atom. The Kier molecular flexibility index (Phi) is 4.11. The minimum atomic E-state index is -0.489. The molecule has 0 spiro atoms. The maximum Gasteiger partial charge on any atom is 0.323 e. The monoisotopic (exact) mass is 214 g/mol. The summed E-state index contributed by atoms with van der Waals surface area (Å²) in [6, 6.07) is -0.489. The second-order valence-electron chi connectivity index (χ2n) is 5.17. The van der Waals surface area contributed by atoms with E-state index in [1.807, 2.05) is 20.8 Å². The molecule has 4 heteroatoms. The van der Waals surface area contributed by atoms with Crippen LogP contribution in [0, 0.1) is 5.92 Å². The molecule has 0 amide bonds. The molecule has 1 aliphatic rings. The molecular formula is C11H22N2O2. The van der Waals surface area contributed by atoms with Gasteiger partial charge in [-0.05, 0) is 46.1 Å². The van der Waals surface area contributed by atoms with Crippen molar-refractivity contribution in [3.63, 3.8) is 0 Å². The lowest BCUT2D eigenvalue weighted by Gasteiger charge is -2.29. The van der Waals surface area contributed by atoms with Crippen molar-refractivity contribution in [1.29, 1.82) is 0 Å². The Morgan fingerprint density at radius 1 is 1.53 bits per heavy atom. The number of hydrogen-bond donors (Lipinski definition) is 2. The summed E-state index contributed by atoms with van der Waals surface area (Å²) in [4.78, 5) is 11.7. The molecule has 88 valence electrons. The van der Waals surface area contributed by atoms with Gasteiger partial charge in [0.25, 0.3) is 0 Å². The summed E-state index contributed by atoms with van der Waals surface area (Å²) >= 11 is 0. The molecule has 3 N–H and O–H groups in total. The smallest absolute Gasteiger partial charge is 0.323 e. The highest BCUT2D eigenvalue weighted by atomic mass is 16.6. The number of piperidine rings is 1. The van der Waals surface area contributed by atoms with Gasteiger partial charge in [0.2, 0.25) is 0 Å². The van der Waals surface area contributed by atoms with Crippen LogP contribution in [0.3, 0.4) is 0 Å². The molecule has 1 aliphatic heterocycles. The van der Waals surface area contributed by atoms with Crippen molar-refractivity contribution in [2.45, 2.75) is 45.3 Å². The van der Waals surface area contributed by atoms with Gasteiger partial charge in [-0.25, -0.2) is 0 Å². The van der Waals surface area contributed by atoms with Gasteiger partial charge in [-0.3, -0.25) is 4.79 Å². The highest BCUT2D eigenvalue weighted by Gasteiger charge is 2.29. The largest absolute Gasteiger partial charge is 0.459 e. The summed E-state index contributed by atoms with van der Waals surface area (Å²) in [5, 5.41) is 3.25. The molecule has 0 saturated carbocycles.